The average Bonchev–Trinajstić information content (AvgIpc) is 3.00. The van der Waals surface area contributed by atoms with Crippen LogP contribution in [0.2, 0.25) is 0 Å². The summed E-state index contributed by atoms with van der Waals surface area (Å²) in [7, 11) is 0. The molecule has 1 aliphatic heterocycles. The number of carboxylic acid groups (broad SMARTS) is 1. The predicted molar refractivity (Wildman–Crippen MR) is 103 cm³/mol. The molecule has 5 heteroatoms. The molecule has 0 fully saturated rings. The molecule has 1 aromatic heterocycles. The Morgan fingerprint density at radius 3 is 2.60 bits per heavy atom. The molecule has 4 rings (SSSR count). The molecule has 126 valence electrons. The Hall–Kier alpha value is -2.37. The lowest BCUT2D eigenvalue weighted by Gasteiger charge is -2.29. The second kappa shape index (κ2) is 6.50. The number of fused-ring (bicyclic) bond motifs is 3. The molecule has 0 saturated heterocycles. The van der Waals surface area contributed by atoms with E-state index in [2.05, 4.69) is 26.2 Å². The molecule has 0 aliphatic carbocycles. The number of rotatable bonds is 3. The summed E-state index contributed by atoms with van der Waals surface area (Å²) in [4.78, 5) is 15.1. The molecular formula is C20H17BrN2O2. The van der Waals surface area contributed by atoms with Gasteiger partial charge < -0.3 is 10.1 Å². The summed E-state index contributed by atoms with van der Waals surface area (Å²) in [6.07, 6.45) is 2.49. The number of hydrogen-bond acceptors (Lipinski definition) is 2. The van der Waals surface area contributed by atoms with E-state index in [4.69, 9.17) is 0 Å². The number of aromatic amines is 1. The van der Waals surface area contributed by atoms with Crippen LogP contribution in [-0.4, -0.2) is 22.1 Å². The Balaban J connectivity index is 1.82. The molecule has 2 unspecified atom stereocenters. The van der Waals surface area contributed by atoms with Gasteiger partial charge in [0.15, 0.2) is 0 Å². The molecule has 0 saturated carbocycles. The molecular weight excluding hydrogens is 380 g/mol. The normalized spacial score (nSPS) is 20.4. The molecule has 0 radical (unpaired) electrons. The molecule has 0 spiro atoms. The van der Waals surface area contributed by atoms with E-state index in [1.807, 2.05) is 60.7 Å². The van der Waals surface area contributed by atoms with Crippen LogP contribution in [0.3, 0.4) is 0 Å². The van der Waals surface area contributed by atoms with Gasteiger partial charge in [0.25, 0.3) is 0 Å². The average molecular weight is 397 g/mol. The van der Waals surface area contributed by atoms with E-state index in [-0.39, 0.29) is 6.04 Å². The second-order valence-corrected chi connectivity index (χ2v) is 7.11. The predicted octanol–water partition coefficient (Wildman–Crippen LogP) is 4.24. The number of halogens is 1. The zero-order valence-electron chi connectivity index (χ0n) is 13.4. The third kappa shape index (κ3) is 3.01. The van der Waals surface area contributed by atoms with Crippen molar-refractivity contribution in [3.05, 3.63) is 75.9 Å². The Morgan fingerprint density at radius 1 is 1.12 bits per heavy atom. The summed E-state index contributed by atoms with van der Waals surface area (Å²) in [5.74, 6) is -0.832. The summed E-state index contributed by atoms with van der Waals surface area (Å²) < 4.78 is 0.900. The van der Waals surface area contributed by atoms with Crippen LogP contribution < -0.4 is 5.32 Å². The van der Waals surface area contributed by atoms with E-state index in [9.17, 15) is 9.90 Å². The summed E-state index contributed by atoms with van der Waals surface area (Å²) >= 11 is 3.67. The highest BCUT2D eigenvalue weighted by Gasteiger charge is 2.34. The fraction of sp³-hybridized carbons (Fsp3) is 0.150. The van der Waals surface area contributed by atoms with Crippen LogP contribution in [0.5, 0.6) is 0 Å². The number of nitrogens with one attached hydrogen (secondary N) is 2. The maximum atomic E-state index is 11.6. The van der Waals surface area contributed by atoms with Gasteiger partial charge in [-0.25, -0.2) is 0 Å². The summed E-state index contributed by atoms with van der Waals surface area (Å²) in [6, 6.07) is 17.2. The standard InChI is InChI=1S/C20H17BrN2O2/c21-15(10-12-6-2-1-3-7-12)19-18-14(11-17(23-19)20(24)25)13-8-4-5-9-16(13)22-18/h1-10,17,19,22-23H,11H2,(H,24,25). The maximum absolute atomic E-state index is 11.6. The van der Waals surface area contributed by atoms with Crippen LogP contribution in [-0.2, 0) is 11.2 Å². The first-order chi connectivity index (χ1) is 12.1. The minimum Gasteiger partial charge on any atom is -0.480 e. The smallest absolute Gasteiger partial charge is 0.321 e. The topological polar surface area (TPSA) is 65.1 Å². The summed E-state index contributed by atoms with van der Waals surface area (Å²) in [5, 5.41) is 13.9. The van der Waals surface area contributed by atoms with E-state index >= 15 is 0 Å². The molecule has 4 nitrogen and oxygen atoms in total. The van der Waals surface area contributed by atoms with Gasteiger partial charge >= 0.3 is 5.97 Å². The van der Waals surface area contributed by atoms with Crippen molar-refractivity contribution in [2.45, 2.75) is 18.5 Å². The first kappa shape index (κ1) is 16.1. The Kier molecular flexibility index (Phi) is 4.19. The first-order valence-electron chi connectivity index (χ1n) is 8.14. The van der Waals surface area contributed by atoms with Crippen LogP contribution in [0.15, 0.2) is 59.1 Å². The van der Waals surface area contributed by atoms with E-state index in [1.54, 1.807) is 0 Å². The van der Waals surface area contributed by atoms with Gasteiger partial charge in [0.05, 0.1) is 6.04 Å². The van der Waals surface area contributed by atoms with Gasteiger partial charge in [0, 0.05) is 27.5 Å². The molecule has 2 aromatic carbocycles. The Labute approximate surface area is 153 Å². The zero-order chi connectivity index (χ0) is 17.4. The minimum atomic E-state index is -0.832. The highest BCUT2D eigenvalue weighted by atomic mass is 79.9. The molecule has 2 atom stereocenters. The largest absolute Gasteiger partial charge is 0.480 e. The number of carbonyl (C=O) groups is 1. The van der Waals surface area contributed by atoms with E-state index in [0.29, 0.717) is 6.42 Å². The quantitative estimate of drug-likeness (QED) is 0.619. The van der Waals surface area contributed by atoms with E-state index in [1.165, 1.54) is 0 Å². The summed E-state index contributed by atoms with van der Waals surface area (Å²) in [6.45, 7) is 0. The second-order valence-electron chi connectivity index (χ2n) is 6.20. The lowest BCUT2D eigenvalue weighted by atomic mass is 9.93. The van der Waals surface area contributed by atoms with Gasteiger partial charge in [-0.05, 0) is 23.3 Å². The van der Waals surface area contributed by atoms with Gasteiger partial charge in [-0.3, -0.25) is 10.1 Å². The van der Waals surface area contributed by atoms with E-state index < -0.39 is 12.0 Å². The molecule has 3 aromatic rings. The van der Waals surface area contributed by atoms with Crippen molar-refractivity contribution in [3.8, 4) is 0 Å². The van der Waals surface area contributed by atoms with Crippen molar-refractivity contribution in [2.75, 3.05) is 0 Å². The molecule has 1 aliphatic rings. The van der Waals surface area contributed by atoms with Crippen LogP contribution in [0.25, 0.3) is 17.0 Å². The number of benzene rings is 2. The lowest BCUT2D eigenvalue weighted by Crippen LogP contribution is -2.44. The lowest BCUT2D eigenvalue weighted by molar-refractivity contribution is -0.139. The highest BCUT2D eigenvalue weighted by Crippen LogP contribution is 2.37. The van der Waals surface area contributed by atoms with Crippen molar-refractivity contribution in [2.24, 2.45) is 0 Å². The van der Waals surface area contributed by atoms with Crippen molar-refractivity contribution >= 4 is 38.9 Å². The van der Waals surface area contributed by atoms with Crippen molar-refractivity contribution in [1.29, 1.82) is 0 Å². The van der Waals surface area contributed by atoms with Gasteiger partial charge in [-0.15, -0.1) is 0 Å². The van der Waals surface area contributed by atoms with E-state index in [0.717, 1.165) is 32.2 Å². The fourth-order valence-electron chi connectivity index (χ4n) is 3.40. The Bertz CT molecular complexity index is 962. The van der Waals surface area contributed by atoms with Crippen LogP contribution >= 0.6 is 15.9 Å². The number of carboxylic acids is 1. The highest BCUT2D eigenvalue weighted by molar-refractivity contribution is 9.11. The molecule has 0 amide bonds. The van der Waals surface area contributed by atoms with Gasteiger partial charge in [0.1, 0.15) is 6.04 Å². The van der Waals surface area contributed by atoms with Gasteiger partial charge in [-0.1, -0.05) is 64.5 Å². The van der Waals surface area contributed by atoms with Gasteiger partial charge in [-0.2, -0.15) is 0 Å². The maximum Gasteiger partial charge on any atom is 0.321 e. The van der Waals surface area contributed by atoms with Crippen molar-refractivity contribution < 1.29 is 9.90 Å². The molecule has 0 bridgehead atoms. The third-order valence-electron chi connectivity index (χ3n) is 4.59. The number of aliphatic carboxylic acids is 1. The summed E-state index contributed by atoms with van der Waals surface area (Å²) in [5.41, 5.74) is 4.19. The third-order valence-corrected chi connectivity index (χ3v) is 5.28. The minimum absolute atomic E-state index is 0.225. The monoisotopic (exact) mass is 396 g/mol. The molecule has 3 N–H and O–H groups in total. The van der Waals surface area contributed by atoms with Crippen LogP contribution in [0.1, 0.15) is 22.9 Å². The van der Waals surface area contributed by atoms with Crippen LogP contribution in [0.4, 0.5) is 0 Å². The number of hydrogen-bond donors (Lipinski definition) is 3. The number of aromatic nitrogens is 1. The zero-order valence-corrected chi connectivity index (χ0v) is 15.0. The molecule has 2 heterocycles. The van der Waals surface area contributed by atoms with Crippen LogP contribution in [0, 0.1) is 0 Å². The number of para-hydroxylation sites is 1. The fourth-order valence-corrected chi connectivity index (χ4v) is 4.03. The first-order valence-corrected chi connectivity index (χ1v) is 8.93. The van der Waals surface area contributed by atoms with Crippen molar-refractivity contribution in [3.63, 3.8) is 0 Å². The number of H-pyrrole nitrogens is 1. The van der Waals surface area contributed by atoms with Crippen molar-refractivity contribution in [1.82, 2.24) is 10.3 Å². The SMILES string of the molecule is O=C(O)C1Cc2c([nH]c3ccccc23)C(C(Br)=Cc2ccccc2)N1. The van der Waals surface area contributed by atoms with Gasteiger partial charge in [0.2, 0.25) is 0 Å². The molecule has 25 heavy (non-hydrogen) atoms. The Morgan fingerprint density at radius 2 is 1.84 bits per heavy atom.